The molecule has 162 valence electrons. The summed E-state index contributed by atoms with van der Waals surface area (Å²) in [5, 5.41) is 11.3. The highest BCUT2D eigenvalue weighted by Crippen LogP contribution is 2.36. The fourth-order valence-electron chi connectivity index (χ4n) is 4.31. The van der Waals surface area contributed by atoms with Gasteiger partial charge in [-0.25, -0.2) is 0 Å². The molecule has 8 heteroatoms. The number of carbonyl (C=O) groups is 1. The van der Waals surface area contributed by atoms with Crippen LogP contribution in [0.1, 0.15) is 48.2 Å². The van der Waals surface area contributed by atoms with Crippen LogP contribution in [-0.4, -0.2) is 58.9 Å². The van der Waals surface area contributed by atoms with E-state index in [4.69, 9.17) is 9.47 Å². The van der Waals surface area contributed by atoms with Gasteiger partial charge in [0.1, 0.15) is 12.4 Å². The smallest absolute Gasteiger partial charge is 0.289 e. The first-order chi connectivity index (χ1) is 14.6. The Morgan fingerprint density at radius 2 is 2.00 bits per heavy atom. The van der Waals surface area contributed by atoms with Gasteiger partial charge in [0.2, 0.25) is 5.82 Å². The van der Waals surface area contributed by atoms with Crippen molar-refractivity contribution >= 4 is 5.91 Å². The maximum Gasteiger partial charge on any atom is 0.289 e. The fourth-order valence-corrected chi connectivity index (χ4v) is 4.31. The van der Waals surface area contributed by atoms with E-state index in [1.54, 1.807) is 7.11 Å². The molecular weight excluding hydrogens is 382 g/mol. The van der Waals surface area contributed by atoms with Crippen molar-refractivity contribution in [2.24, 2.45) is 5.41 Å². The highest BCUT2D eigenvalue weighted by atomic mass is 16.5. The number of carbonyl (C=O) groups excluding carboxylic acids is 1. The van der Waals surface area contributed by atoms with Crippen LogP contribution in [0.25, 0.3) is 0 Å². The molecule has 8 nitrogen and oxygen atoms in total. The molecule has 1 amide bonds. The minimum Gasteiger partial charge on any atom is -0.497 e. The van der Waals surface area contributed by atoms with Crippen LogP contribution in [0.4, 0.5) is 0 Å². The van der Waals surface area contributed by atoms with Crippen molar-refractivity contribution in [3.8, 4) is 5.75 Å². The third-order valence-electron chi connectivity index (χ3n) is 6.18. The third-order valence-corrected chi connectivity index (χ3v) is 6.18. The number of nitrogens with zero attached hydrogens (tertiary/aromatic N) is 4. The van der Waals surface area contributed by atoms with Gasteiger partial charge in [-0.1, -0.05) is 19.1 Å². The second-order valence-electron chi connectivity index (χ2n) is 8.40. The van der Waals surface area contributed by atoms with Crippen LogP contribution in [0, 0.1) is 5.41 Å². The Morgan fingerprint density at radius 1 is 1.23 bits per heavy atom. The standard InChI is InChI=1S/C22H31N5O3/c1-3-10-23-21(28)20-25-24-19-14-30-16-22(15-27(19)20)8-11-26(12-9-22)13-17-4-6-18(29-2)7-5-17/h4-7H,3,8-16H2,1-2H3,(H,23,28). The van der Waals surface area contributed by atoms with Gasteiger partial charge in [0.25, 0.3) is 5.91 Å². The summed E-state index contributed by atoms with van der Waals surface area (Å²) in [6.07, 6.45) is 2.94. The monoisotopic (exact) mass is 413 g/mol. The Morgan fingerprint density at radius 3 is 2.70 bits per heavy atom. The number of fused-ring (bicyclic) bond motifs is 1. The van der Waals surface area contributed by atoms with E-state index in [9.17, 15) is 4.79 Å². The lowest BCUT2D eigenvalue weighted by molar-refractivity contribution is -0.00569. The maximum absolute atomic E-state index is 12.5. The van der Waals surface area contributed by atoms with Crippen molar-refractivity contribution in [1.29, 1.82) is 0 Å². The molecule has 0 unspecified atom stereocenters. The normalized spacial score (nSPS) is 18.6. The predicted octanol–water partition coefficient (Wildman–Crippen LogP) is 2.24. The quantitative estimate of drug-likeness (QED) is 0.782. The van der Waals surface area contributed by atoms with Gasteiger partial charge in [0, 0.05) is 25.0 Å². The Bertz CT molecular complexity index is 856. The second kappa shape index (κ2) is 9.14. The number of likely N-dealkylation sites (tertiary alicyclic amines) is 1. The molecule has 0 saturated carbocycles. The molecule has 0 aliphatic carbocycles. The van der Waals surface area contributed by atoms with Crippen LogP contribution in [0.15, 0.2) is 24.3 Å². The van der Waals surface area contributed by atoms with E-state index in [-0.39, 0.29) is 11.3 Å². The number of hydrogen-bond acceptors (Lipinski definition) is 6. The van der Waals surface area contributed by atoms with Crippen LogP contribution >= 0.6 is 0 Å². The zero-order chi connectivity index (χ0) is 21.0. The number of hydrogen-bond donors (Lipinski definition) is 1. The molecule has 30 heavy (non-hydrogen) atoms. The number of piperidine rings is 1. The van der Waals surface area contributed by atoms with E-state index in [0.29, 0.717) is 25.6 Å². The lowest BCUT2D eigenvalue weighted by Crippen LogP contribution is -2.44. The van der Waals surface area contributed by atoms with E-state index < -0.39 is 0 Å². The topological polar surface area (TPSA) is 81.5 Å². The summed E-state index contributed by atoms with van der Waals surface area (Å²) in [5.74, 6) is 1.89. The van der Waals surface area contributed by atoms with Crippen molar-refractivity contribution in [3.63, 3.8) is 0 Å². The number of ether oxygens (including phenoxy) is 2. The first-order valence-corrected chi connectivity index (χ1v) is 10.8. The summed E-state index contributed by atoms with van der Waals surface area (Å²) in [6.45, 7) is 7.46. The number of nitrogens with one attached hydrogen (secondary N) is 1. The van der Waals surface area contributed by atoms with E-state index in [0.717, 1.165) is 57.0 Å². The zero-order valence-corrected chi connectivity index (χ0v) is 17.9. The maximum atomic E-state index is 12.5. The minimum atomic E-state index is -0.149. The lowest BCUT2D eigenvalue weighted by Gasteiger charge is -2.41. The van der Waals surface area contributed by atoms with E-state index in [1.807, 2.05) is 23.6 Å². The molecule has 2 aliphatic rings. The fraction of sp³-hybridized carbons (Fsp3) is 0.591. The summed E-state index contributed by atoms with van der Waals surface area (Å²) in [7, 11) is 1.69. The second-order valence-corrected chi connectivity index (χ2v) is 8.40. The van der Waals surface area contributed by atoms with Gasteiger partial charge in [0.05, 0.1) is 13.7 Å². The van der Waals surface area contributed by atoms with Gasteiger partial charge in [-0.3, -0.25) is 9.69 Å². The average Bonchev–Trinajstić information content (AvgIpc) is 3.07. The third kappa shape index (κ3) is 4.49. The Hall–Kier alpha value is -2.45. The van der Waals surface area contributed by atoms with E-state index >= 15 is 0 Å². The molecule has 1 N–H and O–H groups in total. The molecule has 0 radical (unpaired) electrons. The van der Waals surface area contributed by atoms with E-state index in [2.05, 4.69) is 32.5 Å². The molecule has 1 aromatic carbocycles. The molecule has 1 spiro atoms. The highest BCUT2D eigenvalue weighted by Gasteiger charge is 2.39. The number of rotatable bonds is 6. The van der Waals surface area contributed by atoms with Gasteiger partial charge in [-0.05, 0) is 50.0 Å². The first kappa shape index (κ1) is 20.8. The highest BCUT2D eigenvalue weighted by molar-refractivity contribution is 5.90. The van der Waals surface area contributed by atoms with Crippen molar-refractivity contribution < 1.29 is 14.3 Å². The first-order valence-electron chi connectivity index (χ1n) is 10.8. The van der Waals surface area contributed by atoms with Gasteiger partial charge >= 0.3 is 0 Å². The van der Waals surface area contributed by atoms with Crippen LogP contribution in [0.5, 0.6) is 5.75 Å². The Labute approximate surface area is 177 Å². The summed E-state index contributed by atoms with van der Waals surface area (Å²) < 4.78 is 13.2. The van der Waals surface area contributed by atoms with Gasteiger partial charge in [-0.2, -0.15) is 0 Å². The molecule has 1 saturated heterocycles. The largest absolute Gasteiger partial charge is 0.497 e. The number of methoxy groups -OCH3 is 1. The van der Waals surface area contributed by atoms with Crippen molar-refractivity contribution in [1.82, 2.24) is 25.0 Å². The van der Waals surface area contributed by atoms with Gasteiger partial charge in [-0.15, -0.1) is 10.2 Å². The van der Waals surface area contributed by atoms with Crippen LogP contribution in [0.3, 0.4) is 0 Å². The predicted molar refractivity (Wildman–Crippen MR) is 112 cm³/mol. The summed E-state index contributed by atoms with van der Waals surface area (Å²) in [5.41, 5.74) is 1.31. The van der Waals surface area contributed by atoms with Gasteiger partial charge < -0.3 is 19.4 Å². The molecule has 2 aliphatic heterocycles. The molecule has 0 bridgehead atoms. The molecule has 1 fully saturated rings. The average molecular weight is 414 g/mol. The van der Waals surface area contributed by atoms with Crippen LogP contribution < -0.4 is 10.1 Å². The number of aromatic nitrogens is 3. The Balaban J connectivity index is 1.41. The van der Waals surface area contributed by atoms with E-state index in [1.165, 1.54) is 5.56 Å². The van der Waals surface area contributed by atoms with Gasteiger partial charge in [0.15, 0.2) is 5.82 Å². The van der Waals surface area contributed by atoms with Crippen LogP contribution in [-0.2, 0) is 24.4 Å². The molecule has 1 aromatic heterocycles. The van der Waals surface area contributed by atoms with Crippen molar-refractivity contribution in [2.75, 3.05) is 33.4 Å². The zero-order valence-electron chi connectivity index (χ0n) is 17.9. The minimum absolute atomic E-state index is 0.0177. The number of amides is 1. The molecule has 4 rings (SSSR count). The molecule has 0 atom stereocenters. The summed E-state index contributed by atoms with van der Waals surface area (Å²) in [4.78, 5) is 15.0. The summed E-state index contributed by atoms with van der Waals surface area (Å²) in [6, 6.07) is 8.28. The summed E-state index contributed by atoms with van der Waals surface area (Å²) >= 11 is 0. The lowest BCUT2D eigenvalue weighted by atomic mass is 9.78. The van der Waals surface area contributed by atoms with Crippen LogP contribution in [0.2, 0.25) is 0 Å². The molecular formula is C22H31N5O3. The Kier molecular flexibility index (Phi) is 6.34. The van der Waals surface area contributed by atoms with Crippen molar-refractivity contribution in [3.05, 3.63) is 41.5 Å². The SMILES string of the molecule is CCCNC(=O)c1nnc2n1CC1(CCN(Cc3ccc(OC)cc3)CC1)COC2. The molecule has 2 aromatic rings. The molecule has 3 heterocycles. The van der Waals surface area contributed by atoms with Crippen molar-refractivity contribution in [2.45, 2.75) is 45.9 Å². The number of benzene rings is 1.